The van der Waals surface area contributed by atoms with Gasteiger partial charge in [-0.15, -0.1) is 10.2 Å². The van der Waals surface area contributed by atoms with Crippen molar-refractivity contribution in [1.29, 1.82) is 0 Å². The zero-order chi connectivity index (χ0) is 14.0. The first kappa shape index (κ1) is 14.3. The third-order valence-electron chi connectivity index (χ3n) is 3.21. The Balaban J connectivity index is 2.03. The number of aromatic nitrogens is 3. The molecule has 1 unspecified atom stereocenters. The van der Waals surface area contributed by atoms with Gasteiger partial charge in [0.1, 0.15) is 5.82 Å². The van der Waals surface area contributed by atoms with Gasteiger partial charge in [-0.2, -0.15) is 13.2 Å². The molecule has 108 valence electrons. The fraction of sp³-hybridized carbons (Fsp3) is 0.818. The van der Waals surface area contributed by atoms with Crippen LogP contribution in [0.1, 0.15) is 18.6 Å². The van der Waals surface area contributed by atoms with E-state index >= 15 is 0 Å². The summed E-state index contributed by atoms with van der Waals surface area (Å²) in [4.78, 5) is 2.12. The van der Waals surface area contributed by atoms with Crippen molar-refractivity contribution in [3.05, 3.63) is 11.6 Å². The molecule has 2 heterocycles. The van der Waals surface area contributed by atoms with Gasteiger partial charge in [0, 0.05) is 19.6 Å². The van der Waals surface area contributed by atoms with Gasteiger partial charge < -0.3 is 9.88 Å². The van der Waals surface area contributed by atoms with E-state index in [1.54, 1.807) is 0 Å². The molecule has 0 spiro atoms. The van der Waals surface area contributed by atoms with Crippen LogP contribution in [0.4, 0.5) is 13.2 Å². The molecule has 1 aromatic heterocycles. The van der Waals surface area contributed by atoms with Crippen LogP contribution in [0.3, 0.4) is 0 Å². The predicted octanol–water partition coefficient (Wildman–Crippen LogP) is 0.968. The first-order valence-electron chi connectivity index (χ1n) is 6.28. The minimum absolute atomic E-state index is 0.295. The number of nitrogens with one attached hydrogen (secondary N) is 1. The van der Waals surface area contributed by atoms with Crippen molar-refractivity contribution in [2.45, 2.75) is 26.2 Å². The number of halogens is 3. The van der Waals surface area contributed by atoms with Gasteiger partial charge in [0.2, 0.25) is 5.82 Å². The number of alkyl halides is 3. The molecule has 0 bridgehead atoms. The molecule has 0 saturated carbocycles. The smallest absolute Gasteiger partial charge is 0.319 e. The molecule has 1 aliphatic heterocycles. The maximum atomic E-state index is 12.7. The fourth-order valence-electron chi connectivity index (χ4n) is 2.43. The van der Waals surface area contributed by atoms with E-state index in [-0.39, 0.29) is 0 Å². The summed E-state index contributed by atoms with van der Waals surface area (Å²) in [6.45, 7) is 5.16. The SMILES string of the molecule is CNCC(C)CN1CCn2c(nnc2C(F)(F)F)C1. The van der Waals surface area contributed by atoms with Crippen molar-refractivity contribution in [3.63, 3.8) is 0 Å². The van der Waals surface area contributed by atoms with Gasteiger partial charge in [-0.25, -0.2) is 0 Å². The van der Waals surface area contributed by atoms with Gasteiger partial charge in [-0.1, -0.05) is 6.92 Å². The minimum atomic E-state index is -4.42. The van der Waals surface area contributed by atoms with Gasteiger partial charge in [-0.05, 0) is 19.5 Å². The molecule has 2 rings (SSSR count). The number of rotatable bonds is 4. The Morgan fingerprint density at radius 3 is 2.68 bits per heavy atom. The summed E-state index contributed by atoms with van der Waals surface area (Å²) < 4.78 is 39.2. The Morgan fingerprint density at radius 2 is 2.05 bits per heavy atom. The first-order valence-corrected chi connectivity index (χ1v) is 6.28. The Kier molecular flexibility index (Phi) is 4.10. The lowest BCUT2D eigenvalue weighted by Crippen LogP contribution is -2.39. The average molecular weight is 277 g/mol. The van der Waals surface area contributed by atoms with E-state index < -0.39 is 12.0 Å². The molecule has 0 saturated heterocycles. The Hall–Kier alpha value is -1.15. The van der Waals surface area contributed by atoms with Crippen molar-refractivity contribution in [2.75, 3.05) is 26.7 Å². The monoisotopic (exact) mass is 277 g/mol. The lowest BCUT2D eigenvalue weighted by molar-refractivity contribution is -0.148. The number of fused-ring (bicyclic) bond motifs is 1. The molecule has 0 radical (unpaired) electrons. The largest absolute Gasteiger partial charge is 0.451 e. The normalized spacial score (nSPS) is 18.4. The van der Waals surface area contributed by atoms with Crippen molar-refractivity contribution in [3.8, 4) is 0 Å². The van der Waals surface area contributed by atoms with Gasteiger partial charge in [0.15, 0.2) is 0 Å². The highest BCUT2D eigenvalue weighted by Gasteiger charge is 2.39. The summed E-state index contributed by atoms with van der Waals surface area (Å²) in [5.74, 6) is -0.0396. The van der Waals surface area contributed by atoms with E-state index in [2.05, 4.69) is 27.3 Å². The summed E-state index contributed by atoms with van der Waals surface area (Å²) >= 11 is 0. The molecular formula is C11H18F3N5. The van der Waals surface area contributed by atoms with E-state index in [1.807, 2.05) is 7.05 Å². The number of hydrogen-bond donors (Lipinski definition) is 1. The van der Waals surface area contributed by atoms with Crippen LogP contribution in [0, 0.1) is 5.92 Å². The molecule has 0 aromatic carbocycles. The van der Waals surface area contributed by atoms with Crippen LogP contribution in [0.2, 0.25) is 0 Å². The Labute approximate surface area is 109 Å². The molecule has 19 heavy (non-hydrogen) atoms. The minimum Gasteiger partial charge on any atom is -0.319 e. The number of hydrogen-bond acceptors (Lipinski definition) is 4. The summed E-state index contributed by atoms with van der Waals surface area (Å²) in [5, 5.41) is 10.0. The Morgan fingerprint density at radius 1 is 1.32 bits per heavy atom. The van der Waals surface area contributed by atoms with Crippen molar-refractivity contribution in [1.82, 2.24) is 25.0 Å². The van der Waals surface area contributed by atoms with E-state index in [1.165, 1.54) is 4.57 Å². The topological polar surface area (TPSA) is 46.0 Å². The molecule has 8 heteroatoms. The molecule has 1 atom stereocenters. The van der Waals surface area contributed by atoms with Crippen molar-refractivity contribution >= 4 is 0 Å². The van der Waals surface area contributed by atoms with Crippen LogP contribution in [-0.2, 0) is 19.3 Å². The van der Waals surface area contributed by atoms with Gasteiger partial charge >= 0.3 is 6.18 Å². The first-order chi connectivity index (χ1) is 8.91. The van der Waals surface area contributed by atoms with Crippen LogP contribution < -0.4 is 5.32 Å². The average Bonchev–Trinajstić information content (AvgIpc) is 2.71. The predicted molar refractivity (Wildman–Crippen MR) is 63.4 cm³/mol. The van der Waals surface area contributed by atoms with Crippen LogP contribution in [0.15, 0.2) is 0 Å². The van der Waals surface area contributed by atoms with E-state index in [4.69, 9.17) is 0 Å². The van der Waals surface area contributed by atoms with Gasteiger partial charge in [0.05, 0.1) is 6.54 Å². The summed E-state index contributed by atoms with van der Waals surface area (Å²) in [6.07, 6.45) is -4.42. The zero-order valence-electron chi connectivity index (χ0n) is 11.0. The summed E-state index contributed by atoms with van der Waals surface area (Å²) in [6, 6.07) is 0. The van der Waals surface area contributed by atoms with Gasteiger partial charge in [0.25, 0.3) is 0 Å². The molecule has 0 amide bonds. The second-order valence-corrected chi connectivity index (χ2v) is 4.99. The third kappa shape index (κ3) is 3.24. The van der Waals surface area contributed by atoms with Crippen LogP contribution in [-0.4, -0.2) is 46.3 Å². The standard InChI is InChI=1S/C11H18F3N5/c1-8(5-15-2)6-18-3-4-19-9(7-18)16-17-10(19)11(12,13)14/h8,15H,3-7H2,1-2H3. The highest BCUT2D eigenvalue weighted by atomic mass is 19.4. The van der Waals surface area contributed by atoms with E-state index in [9.17, 15) is 13.2 Å². The molecule has 0 fully saturated rings. The summed E-state index contributed by atoms with van der Waals surface area (Å²) in [7, 11) is 1.89. The second-order valence-electron chi connectivity index (χ2n) is 4.99. The van der Waals surface area contributed by atoms with E-state index in [0.717, 1.165) is 13.1 Å². The molecule has 0 aliphatic carbocycles. The fourth-order valence-corrected chi connectivity index (χ4v) is 2.43. The maximum Gasteiger partial charge on any atom is 0.451 e. The quantitative estimate of drug-likeness (QED) is 0.891. The molecular weight excluding hydrogens is 259 g/mol. The summed E-state index contributed by atoms with van der Waals surface area (Å²) in [5.41, 5.74) is 0. The lowest BCUT2D eigenvalue weighted by Gasteiger charge is -2.29. The van der Waals surface area contributed by atoms with Crippen LogP contribution >= 0.6 is 0 Å². The van der Waals surface area contributed by atoms with Crippen LogP contribution in [0.25, 0.3) is 0 Å². The van der Waals surface area contributed by atoms with Crippen LogP contribution in [0.5, 0.6) is 0 Å². The van der Waals surface area contributed by atoms with Gasteiger partial charge in [-0.3, -0.25) is 4.90 Å². The highest BCUT2D eigenvalue weighted by molar-refractivity contribution is 5.02. The zero-order valence-corrected chi connectivity index (χ0v) is 11.0. The number of nitrogens with zero attached hydrogens (tertiary/aromatic N) is 4. The third-order valence-corrected chi connectivity index (χ3v) is 3.21. The second kappa shape index (κ2) is 5.46. The molecule has 1 aliphatic rings. The molecule has 5 nitrogen and oxygen atoms in total. The molecule has 1 aromatic rings. The Bertz CT molecular complexity index is 428. The van der Waals surface area contributed by atoms with Crippen molar-refractivity contribution in [2.24, 2.45) is 5.92 Å². The lowest BCUT2D eigenvalue weighted by atomic mass is 10.1. The van der Waals surface area contributed by atoms with Crippen molar-refractivity contribution < 1.29 is 13.2 Å². The van der Waals surface area contributed by atoms with E-state index in [0.29, 0.717) is 31.4 Å². The highest BCUT2D eigenvalue weighted by Crippen LogP contribution is 2.29. The molecule has 1 N–H and O–H groups in total. The maximum absolute atomic E-state index is 12.7.